The fraction of sp³-hybridized carbons (Fsp3) is 0.440. The van der Waals surface area contributed by atoms with E-state index in [9.17, 15) is 18.0 Å². The number of sulfonamides is 1. The molecule has 2 aromatic rings. The smallest absolute Gasteiger partial charge is 0.242 e. The van der Waals surface area contributed by atoms with Crippen LogP contribution in [-0.4, -0.2) is 63.7 Å². The number of likely N-dealkylation sites (N-methyl/N-ethyl adjacent to an activating group) is 1. The van der Waals surface area contributed by atoms with Crippen LogP contribution in [0.5, 0.6) is 11.5 Å². The fourth-order valence-corrected chi connectivity index (χ4v) is 5.21. The van der Waals surface area contributed by atoms with Crippen molar-refractivity contribution in [2.24, 2.45) is 0 Å². The standard InChI is InChI=1S/C25H31Cl2N3O6S/c1-4-28-25(32)17(2)29(16-18-7-9-20(26)21(27)14-18)24(31)6-5-11-30(37(3,33)34)19-8-10-22-23(15-19)36-13-12-35-22/h7-10,14-15,17H,4-6,11-13,16H2,1-3H3,(H,28,32)/t17-/m1/s1. The molecule has 1 aliphatic heterocycles. The van der Waals surface area contributed by atoms with Gasteiger partial charge in [-0.2, -0.15) is 0 Å². The first-order valence-corrected chi connectivity index (χ1v) is 14.5. The number of carbonyl (C=O) groups is 2. The largest absolute Gasteiger partial charge is 0.486 e. The number of nitrogens with one attached hydrogen (secondary N) is 1. The summed E-state index contributed by atoms with van der Waals surface area (Å²) in [7, 11) is -3.64. The highest BCUT2D eigenvalue weighted by molar-refractivity contribution is 7.92. The van der Waals surface area contributed by atoms with E-state index in [2.05, 4.69) is 5.32 Å². The zero-order valence-corrected chi connectivity index (χ0v) is 23.3. The quantitative estimate of drug-likeness (QED) is 0.439. The van der Waals surface area contributed by atoms with E-state index in [1.165, 1.54) is 9.21 Å². The van der Waals surface area contributed by atoms with Crippen LogP contribution < -0.4 is 19.1 Å². The lowest BCUT2D eigenvalue weighted by atomic mass is 10.1. The zero-order chi connectivity index (χ0) is 27.2. The second kappa shape index (κ2) is 12.7. The van der Waals surface area contributed by atoms with Gasteiger partial charge in [-0.25, -0.2) is 8.42 Å². The lowest BCUT2D eigenvalue weighted by Gasteiger charge is -2.29. The van der Waals surface area contributed by atoms with Gasteiger partial charge in [0.1, 0.15) is 19.3 Å². The Hall–Kier alpha value is -2.69. The Morgan fingerprint density at radius 2 is 1.76 bits per heavy atom. The number of hydrogen-bond acceptors (Lipinski definition) is 6. The Labute approximate surface area is 227 Å². The van der Waals surface area contributed by atoms with Crippen molar-refractivity contribution in [3.05, 3.63) is 52.0 Å². The van der Waals surface area contributed by atoms with Gasteiger partial charge in [0, 0.05) is 32.1 Å². The number of ether oxygens (including phenoxy) is 2. The second-order valence-corrected chi connectivity index (χ2v) is 11.3. The molecule has 0 aliphatic carbocycles. The van der Waals surface area contributed by atoms with Crippen LogP contribution in [0.4, 0.5) is 5.69 Å². The van der Waals surface area contributed by atoms with Crippen LogP contribution in [0.2, 0.25) is 10.0 Å². The lowest BCUT2D eigenvalue weighted by Crippen LogP contribution is -2.47. The van der Waals surface area contributed by atoms with Gasteiger partial charge in [-0.15, -0.1) is 0 Å². The third-order valence-corrected chi connectivity index (χ3v) is 7.75. The molecule has 0 saturated heterocycles. The third kappa shape index (κ3) is 7.66. The molecular formula is C25H31Cl2N3O6S. The maximum absolute atomic E-state index is 13.3. The molecule has 0 bridgehead atoms. The molecule has 1 atom stereocenters. The number of nitrogens with zero attached hydrogens (tertiary/aromatic N) is 2. The number of rotatable bonds is 11. The minimum atomic E-state index is -3.64. The molecule has 1 aliphatic rings. The average Bonchev–Trinajstić information content (AvgIpc) is 2.85. The summed E-state index contributed by atoms with van der Waals surface area (Å²) in [5, 5.41) is 3.47. The number of carbonyl (C=O) groups excluding carboxylic acids is 2. The molecule has 3 rings (SSSR count). The monoisotopic (exact) mass is 571 g/mol. The average molecular weight is 573 g/mol. The van der Waals surface area contributed by atoms with Crippen molar-refractivity contribution < 1.29 is 27.5 Å². The van der Waals surface area contributed by atoms with E-state index in [0.29, 0.717) is 52.6 Å². The predicted octanol–water partition coefficient (Wildman–Crippen LogP) is 3.86. The van der Waals surface area contributed by atoms with E-state index in [1.54, 1.807) is 50.2 Å². The molecule has 37 heavy (non-hydrogen) atoms. The van der Waals surface area contributed by atoms with Gasteiger partial charge < -0.3 is 19.7 Å². The Morgan fingerprint density at radius 1 is 1.05 bits per heavy atom. The second-order valence-electron chi connectivity index (χ2n) is 8.61. The summed E-state index contributed by atoms with van der Waals surface area (Å²) in [6.45, 7) is 4.90. The molecule has 0 spiro atoms. The van der Waals surface area contributed by atoms with Crippen molar-refractivity contribution >= 4 is 50.7 Å². The van der Waals surface area contributed by atoms with Crippen LogP contribution in [0.15, 0.2) is 36.4 Å². The molecular weight excluding hydrogens is 541 g/mol. The van der Waals surface area contributed by atoms with Gasteiger partial charge in [0.2, 0.25) is 21.8 Å². The van der Waals surface area contributed by atoms with E-state index >= 15 is 0 Å². The number of hydrogen-bond donors (Lipinski definition) is 1. The molecule has 0 aromatic heterocycles. The summed E-state index contributed by atoms with van der Waals surface area (Å²) in [4.78, 5) is 27.3. The highest BCUT2D eigenvalue weighted by atomic mass is 35.5. The summed E-state index contributed by atoms with van der Waals surface area (Å²) in [6, 6.07) is 9.21. The van der Waals surface area contributed by atoms with Crippen molar-refractivity contribution in [3.63, 3.8) is 0 Å². The highest BCUT2D eigenvalue weighted by Gasteiger charge is 2.27. The van der Waals surface area contributed by atoms with E-state index in [-0.39, 0.29) is 37.7 Å². The summed E-state index contributed by atoms with van der Waals surface area (Å²) >= 11 is 12.2. The minimum absolute atomic E-state index is 0.0294. The molecule has 12 heteroatoms. The van der Waals surface area contributed by atoms with Crippen molar-refractivity contribution in [2.45, 2.75) is 39.3 Å². The summed E-state index contributed by atoms with van der Waals surface area (Å²) in [5.74, 6) is 0.443. The fourth-order valence-electron chi connectivity index (χ4n) is 3.93. The van der Waals surface area contributed by atoms with Gasteiger partial charge in [0.25, 0.3) is 0 Å². The van der Waals surface area contributed by atoms with Crippen LogP contribution >= 0.6 is 23.2 Å². The number of benzene rings is 2. The number of fused-ring (bicyclic) bond motifs is 1. The van der Waals surface area contributed by atoms with Gasteiger partial charge in [-0.1, -0.05) is 29.3 Å². The van der Waals surface area contributed by atoms with Gasteiger partial charge in [0.15, 0.2) is 11.5 Å². The maximum Gasteiger partial charge on any atom is 0.242 e. The predicted molar refractivity (Wildman–Crippen MR) is 144 cm³/mol. The first-order chi connectivity index (χ1) is 17.5. The maximum atomic E-state index is 13.3. The molecule has 2 amide bonds. The van der Waals surface area contributed by atoms with Gasteiger partial charge in [-0.05, 0) is 50.1 Å². The minimum Gasteiger partial charge on any atom is -0.486 e. The topological polar surface area (TPSA) is 105 Å². The SMILES string of the molecule is CCNC(=O)[C@@H](C)N(Cc1ccc(Cl)c(Cl)c1)C(=O)CCCN(c1ccc2c(c1)OCCO2)S(C)(=O)=O. The molecule has 0 unspecified atom stereocenters. The van der Waals surface area contributed by atoms with Crippen LogP contribution in [0.3, 0.4) is 0 Å². The van der Waals surface area contributed by atoms with Crippen LogP contribution in [-0.2, 0) is 26.2 Å². The van der Waals surface area contributed by atoms with Crippen molar-refractivity contribution in [2.75, 3.05) is 36.9 Å². The van der Waals surface area contributed by atoms with Crippen molar-refractivity contribution in [3.8, 4) is 11.5 Å². The van der Waals surface area contributed by atoms with Crippen LogP contribution in [0.1, 0.15) is 32.3 Å². The first-order valence-electron chi connectivity index (χ1n) is 11.9. The molecule has 1 heterocycles. The lowest BCUT2D eigenvalue weighted by molar-refractivity contribution is -0.140. The normalized spacial score (nSPS) is 13.5. The molecule has 1 N–H and O–H groups in total. The summed E-state index contributed by atoms with van der Waals surface area (Å²) in [6.07, 6.45) is 1.38. The Morgan fingerprint density at radius 3 is 2.41 bits per heavy atom. The van der Waals surface area contributed by atoms with Crippen molar-refractivity contribution in [1.29, 1.82) is 0 Å². The first kappa shape index (κ1) is 28.9. The Balaban J connectivity index is 1.74. The number of halogens is 2. The van der Waals surface area contributed by atoms with Gasteiger partial charge in [-0.3, -0.25) is 13.9 Å². The van der Waals surface area contributed by atoms with E-state index < -0.39 is 16.1 Å². The van der Waals surface area contributed by atoms with E-state index in [1.807, 2.05) is 0 Å². The van der Waals surface area contributed by atoms with Gasteiger partial charge >= 0.3 is 0 Å². The van der Waals surface area contributed by atoms with Crippen LogP contribution in [0.25, 0.3) is 0 Å². The molecule has 2 aromatic carbocycles. The highest BCUT2D eigenvalue weighted by Crippen LogP contribution is 2.35. The summed E-state index contributed by atoms with van der Waals surface area (Å²) in [5.41, 5.74) is 1.13. The molecule has 0 fully saturated rings. The molecule has 202 valence electrons. The number of anilines is 1. The van der Waals surface area contributed by atoms with E-state index in [4.69, 9.17) is 32.7 Å². The number of amides is 2. The van der Waals surface area contributed by atoms with Crippen LogP contribution in [0, 0.1) is 0 Å². The third-order valence-electron chi connectivity index (χ3n) is 5.82. The Bertz CT molecular complexity index is 1240. The summed E-state index contributed by atoms with van der Waals surface area (Å²) < 4.78 is 37.4. The zero-order valence-electron chi connectivity index (χ0n) is 21.0. The van der Waals surface area contributed by atoms with Crippen molar-refractivity contribution in [1.82, 2.24) is 10.2 Å². The Kier molecular flexibility index (Phi) is 9.92. The molecule has 0 radical (unpaired) electrons. The molecule has 9 nitrogen and oxygen atoms in total. The molecule has 0 saturated carbocycles. The van der Waals surface area contributed by atoms with Gasteiger partial charge in [0.05, 0.1) is 22.0 Å². The van der Waals surface area contributed by atoms with E-state index in [0.717, 1.165) is 6.26 Å².